The molecule has 0 unspecified atom stereocenters. The van der Waals surface area contributed by atoms with Crippen molar-refractivity contribution in [3.8, 4) is 5.88 Å². The van der Waals surface area contributed by atoms with Crippen LogP contribution >= 0.6 is 0 Å². The number of rotatable bonds is 5. The van der Waals surface area contributed by atoms with E-state index in [0.29, 0.717) is 12.1 Å². The number of hydrogen-bond acceptors (Lipinski definition) is 3. The molecule has 1 aliphatic carbocycles. The quantitative estimate of drug-likeness (QED) is 0.370. The van der Waals surface area contributed by atoms with Crippen LogP contribution < -0.4 is 0 Å². The molecular formula is C27H25N3O2. The van der Waals surface area contributed by atoms with Gasteiger partial charge in [-0.2, -0.15) is 0 Å². The number of amides is 1. The number of carbonyl (C=O) groups is 1. The molecule has 0 bridgehead atoms. The molecule has 1 saturated carbocycles. The van der Waals surface area contributed by atoms with Crippen LogP contribution in [-0.2, 0) is 10.2 Å². The van der Waals surface area contributed by atoms with Gasteiger partial charge in [0.1, 0.15) is 0 Å². The van der Waals surface area contributed by atoms with Crippen LogP contribution in [0.25, 0.3) is 10.9 Å². The highest BCUT2D eigenvalue weighted by Crippen LogP contribution is 2.59. The topological polar surface area (TPSA) is 66.9 Å². The first kappa shape index (κ1) is 20.2. The molecule has 1 fully saturated rings. The molecule has 1 aromatic heterocycles. The van der Waals surface area contributed by atoms with Crippen molar-refractivity contribution in [2.75, 3.05) is 0 Å². The van der Waals surface area contributed by atoms with Crippen LogP contribution in [0.4, 0.5) is 5.69 Å². The lowest BCUT2D eigenvalue weighted by atomic mass is 9.85. The van der Waals surface area contributed by atoms with Crippen LogP contribution in [0, 0.1) is 5.92 Å². The van der Waals surface area contributed by atoms with Crippen LogP contribution in [0.2, 0.25) is 0 Å². The summed E-state index contributed by atoms with van der Waals surface area (Å²) in [4.78, 5) is 13.2. The van der Waals surface area contributed by atoms with Crippen molar-refractivity contribution in [2.24, 2.45) is 16.1 Å². The smallest absolute Gasteiger partial charge is 0.269 e. The number of nitrogens with zero attached hydrogens (tertiary/aromatic N) is 3. The molecule has 1 aliphatic rings. The predicted molar refractivity (Wildman–Crippen MR) is 125 cm³/mol. The van der Waals surface area contributed by atoms with Crippen molar-refractivity contribution >= 4 is 22.5 Å². The minimum atomic E-state index is -0.382. The molecule has 1 atom stereocenters. The van der Waals surface area contributed by atoms with Gasteiger partial charge in [0.15, 0.2) is 5.69 Å². The van der Waals surface area contributed by atoms with E-state index in [9.17, 15) is 9.90 Å². The van der Waals surface area contributed by atoms with Gasteiger partial charge in [0, 0.05) is 16.8 Å². The summed E-state index contributed by atoms with van der Waals surface area (Å²) in [6.07, 6.45) is 0.693. The molecule has 3 aromatic carbocycles. The zero-order valence-electron chi connectivity index (χ0n) is 18.1. The first-order valence-electron chi connectivity index (χ1n) is 10.9. The monoisotopic (exact) mass is 423 g/mol. The van der Waals surface area contributed by atoms with Gasteiger partial charge in [-0.15, -0.1) is 10.2 Å². The lowest BCUT2D eigenvalue weighted by Gasteiger charge is -2.17. The third-order valence-corrected chi connectivity index (χ3v) is 6.46. The second-order valence-corrected chi connectivity index (χ2v) is 8.65. The van der Waals surface area contributed by atoms with Gasteiger partial charge >= 0.3 is 0 Å². The number of fused-ring (bicyclic) bond motifs is 1. The Bertz CT molecular complexity index is 1270. The van der Waals surface area contributed by atoms with E-state index in [1.54, 1.807) is 0 Å². The fourth-order valence-corrected chi connectivity index (χ4v) is 4.86. The van der Waals surface area contributed by atoms with E-state index >= 15 is 0 Å². The highest BCUT2D eigenvalue weighted by Gasteiger charge is 2.60. The van der Waals surface area contributed by atoms with Crippen molar-refractivity contribution in [1.29, 1.82) is 0 Å². The predicted octanol–water partition coefficient (Wildman–Crippen LogP) is 6.54. The second-order valence-electron chi connectivity index (χ2n) is 8.65. The first-order chi connectivity index (χ1) is 15.5. The number of carbonyl (C=O) groups excluding carboxylic acids is 1. The molecule has 5 nitrogen and oxygen atoms in total. The fraction of sp³-hybridized carbons (Fsp3) is 0.222. The Morgan fingerprint density at radius 1 is 0.938 bits per heavy atom. The van der Waals surface area contributed by atoms with Crippen LogP contribution in [0.5, 0.6) is 5.88 Å². The molecule has 0 aliphatic heterocycles. The summed E-state index contributed by atoms with van der Waals surface area (Å²) in [6.45, 7) is 3.99. The summed E-state index contributed by atoms with van der Waals surface area (Å²) in [5.41, 5.74) is 3.05. The maximum Gasteiger partial charge on any atom is 0.269 e. The van der Waals surface area contributed by atoms with Gasteiger partial charge in [-0.3, -0.25) is 4.79 Å². The average molecular weight is 424 g/mol. The van der Waals surface area contributed by atoms with E-state index in [-0.39, 0.29) is 29.2 Å². The Kier molecular flexibility index (Phi) is 4.89. The van der Waals surface area contributed by atoms with Crippen molar-refractivity contribution < 1.29 is 9.90 Å². The maximum absolute atomic E-state index is 13.2. The van der Waals surface area contributed by atoms with Crippen LogP contribution in [0.3, 0.4) is 0 Å². The van der Waals surface area contributed by atoms with Gasteiger partial charge in [0.05, 0.1) is 11.4 Å². The van der Waals surface area contributed by atoms with Gasteiger partial charge in [0.25, 0.3) is 5.91 Å². The maximum atomic E-state index is 13.2. The SMILES string of the molecule is CC(C)n1c(O)c(N=NC(=O)[C@@H]2CC2(c2ccccc2)c2ccccc2)c2ccccc21. The highest BCUT2D eigenvalue weighted by molar-refractivity contribution is 5.95. The number of aromatic nitrogens is 1. The molecular weight excluding hydrogens is 398 g/mol. The van der Waals surface area contributed by atoms with Gasteiger partial charge in [0.2, 0.25) is 5.88 Å². The summed E-state index contributed by atoms with van der Waals surface area (Å²) in [6, 6.07) is 27.9. The van der Waals surface area contributed by atoms with Crippen LogP contribution in [0.15, 0.2) is 95.2 Å². The lowest BCUT2D eigenvalue weighted by Crippen LogP contribution is -2.16. The number of benzene rings is 3. The van der Waals surface area contributed by atoms with Gasteiger partial charge in [-0.1, -0.05) is 78.9 Å². The Labute approximate surface area is 187 Å². The van der Waals surface area contributed by atoms with Gasteiger partial charge in [-0.05, 0) is 37.5 Å². The van der Waals surface area contributed by atoms with Crippen LogP contribution in [0.1, 0.15) is 37.4 Å². The van der Waals surface area contributed by atoms with E-state index in [4.69, 9.17) is 0 Å². The van der Waals surface area contributed by atoms with Crippen LogP contribution in [-0.4, -0.2) is 15.6 Å². The number of hydrogen-bond donors (Lipinski definition) is 1. The number of aromatic hydroxyl groups is 1. The van der Waals surface area contributed by atoms with Crippen molar-refractivity contribution in [3.63, 3.8) is 0 Å². The fourth-order valence-electron chi connectivity index (χ4n) is 4.86. The Hall–Kier alpha value is -3.73. The zero-order chi connectivity index (χ0) is 22.3. The summed E-state index contributed by atoms with van der Waals surface area (Å²) < 4.78 is 1.81. The molecule has 1 N–H and O–H groups in total. The molecule has 0 spiro atoms. The first-order valence-corrected chi connectivity index (χ1v) is 10.9. The largest absolute Gasteiger partial charge is 0.493 e. The van der Waals surface area contributed by atoms with E-state index < -0.39 is 0 Å². The molecule has 1 amide bonds. The number of para-hydroxylation sites is 1. The normalized spacial score (nSPS) is 17.3. The van der Waals surface area contributed by atoms with E-state index in [1.807, 2.05) is 79.1 Å². The third kappa shape index (κ3) is 3.12. The minimum absolute atomic E-state index is 0.0333. The van der Waals surface area contributed by atoms with E-state index in [1.165, 1.54) is 0 Å². The molecule has 5 heteroatoms. The van der Waals surface area contributed by atoms with Crippen molar-refractivity contribution in [3.05, 3.63) is 96.1 Å². The molecule has 5 rings (SSSR count). The highest BCUT2D eigenvalue weighted by atomic mass is 16.3. The molecule has 4 aromatic rings. The van der Waals surface area contributed by atoms with E-state index in [0.717, 1.165) is 22.0 Å². The van der Waals surface area contributed by atoms with Gasteiger partial charge < -0.3 is 9.67 Å². The summed E-state index contributed by atoms with van der Waals surface area (Å²) >= 11 is 0. The molecule has 32 heavy (non-hydrogen) atoms. The molecule has 0 radical (unpaired) electrons. The molecule has 0 saturated heterocycles. The summed E-state index contributed by atoms with van der Waals surface area (Å²) in [7, 11) is 0. The molecule has 160 valence electrons. The standard InChI is InChI=1S/C27H25N3O2/c1-18(2)30-23-16-10-9-15-21(23)24(26(30)32)28-29-25(31)22-17-27(22,19-11-5-3-6-12-19)20-13-7-4-8-14-20/h3-16,18,22,32H,17H2,1-2H3/t22-/m0/s1. The Morgan fingerprint density at radius 3 is 2.09 bits per heavy atom. The van der Waals surface area contributed by atoms with E-state index in [2.05, 4.69) is 34.5 Å². The van der Waals surface area contributed by atoms with Gasteiger partial charge in [-0.25, -0.2) is 0 Å². The Balaban J connectivity index is 1.51. The average Bonchev–Trinajstić information content (AvgIpc) is 3.52. The molecule has 1 heterocycles. The summed E-state index contributed by atoms with van der Waals surface area (Å²) in [5.74, 6) is -0.513. The van der Waals surface area contributed by atoms with Crippen molar-refractivity contribution in [1.82, 2.24) is 4.57 Å². The van der Waals surface area contributed by atoms with Crippen molar-refractivity contribution in [2.45, 2.75) is 31.7 Å². The number of azo groups is 1. The lowest BCUT2D eigenvalue weighted by molar-refractivity contribution is -0.119. The summed E-state index contributed by atoms with van der Waals surface area (Å²) in [5, 5.41) is 19.9. The minimum Gasteiger partial charge on any atom is -0.493 e. The zero-order valence-corrected chi connectivity index (χ0v) is 18.1. The Morgan fingerprint density at radius 2 is 1.50 bits per heavy atom. The third-order valence-electron chi connectivity index (χ3n) is 6.46. The second kappa shape index (κ2) is 7.75.